The van der Waals surface area contributed by atoms with Crippen LogP contribution in [0.3, 0.4) is 0 Å². The minimum atomic E-state index is -0.281. The monoisotopic (exact) mass is 441 g/mol. The Morgan fingerprint density at radius 3 is 2.27 bits per heavy atom. The van der Waals surface area contributed by atoms with E-state index in [1.54, 1.807) is 24.1 Å². The van der Waals surface area contributed by atoms with Crippen molar-refractivity contribution in [1.29, 1.82) is 0 Å². The molecule has 0 aliphatic carbocycles. The van der Waals surface area contributed by atoms with Crippen molar-refractivity contribution in [2.24, 2.45) is 0 Å². The summed E-state index contributed by atoms with van der Waals surface area (Å²) in [4.78, 5) is 26.3. The summed E-state index contributed by atoms with van der Waals surface area (Å²) < 4.78 is 5.34. The van der Waals surface area contributed by atoms with E-state index in [0.29, 0.717) is 18.7 Å². The molecule has 3 aromatic rings. The van der Waals surface area contributed by atoms with Gasteiger partial charge in [0.15, 0.2) is 0 Å². The predicted molar refractivity (Wildman–Crippen MR) is 131 cm³/mol. The topological polar surface area (TPSA) is 70.7 Å². The Bertz CT molecular complexity index is 1090. The smallest absolute Gasteiger partial charge is 0.319 e. The van der Waals surface area contributed by atoms with Crippen LogP contribution in [0, 0.1) is 12.3 Å². The molecule has 3 amide bonds. The Morgan fingerprint density at radius 1 is 0.939 bits per heavy atom. The number of carbonyl (C=O) groups excluding carboxylic acids is 2. The van der Waals surface area contributed by atoms with Gasteiger partial charge in [-0.3, -0.25) is 4.79 Å². The van der Waals surface area contributed by atoms with E-state index in [1.807, 2.05) is 66.7 Å². The quantitative estimate of drug-likeness (QED) is 0.487. The van der Waals surface area contributed by atoms with Gasteiger partial charge in [0.1, 0.15) is 12.4 Å². The van der Waals surface area contributed by atoms with Crippen LogP contribution in [0.2, 0.25) is 0 Å². The largest absolute Gasteiger partial charge is 0.481 e. The van der Waals surface area contributed by atoms with E-state index < -0.39 is 0 Å². The first kappa shape index (κ1) is 23.4. The Labute approximate surface area is 194 Å². The zero-order valence-electron chi connectivity index (χ0n) is 18.6. The Balaban J connectivity index is 1.41. The van der Waals surface area contributed by atoms with Crippen molar-refractivity contribution < 1.29 is 14.3 Å². The second kappa shape index (κ2) is 12.0. The maximum Gasteiger partial charge on any atom is 0.319 e. The number of rotatable bonds is 9. The number of nitrogens with one attached hydrogen (secondary N) is 2. The van der Waals surface area contributed by atoms with Crippen LogP contribution >= 0.6 is 0 Å². The van der Waals surface area contributed by atoms with E-state index >= 15 is 0 Å². The summed E-state index contributed by atoms with van der Waals surface area (Å²) >= 11 is 0. The molecule has 0 unspecified atom stereocenters. The van der Waals surface area contributed by atoms with Crippen molar-refractivity contribution >= 4 is 23.3 Å². The van der Waals surface area contributed by atoms with E-state index in [0.717, 1.165) is 22.6 Å². The summed E-state index contributed by atoms with van der Waals surface area (Å²) in [7, 11) is 1.76. The van der Waals surface area contributed by atoms with Crippen molar-refractivity contribution in [1.82, 2.24) is 5.32 Å². The fourth-order valence-electron chi connectivity index (χ4n) is 3.17. The summed E-state index contributed by atoms with van der Waals surface area (Å²) in [5, 5.41) is 5.65. The fourth-order valence-corrected chi connectivity index (χ4v) is 3.17. The van der Waals surface area contributed by atoms with Gasteiger partial charge in [-0.25, -0.2) is 4.79 Å². The molecule has 2 N–H and O–H groups in total. The zero-order valence-corrected chi connectivity index (χ0v) is 18.6. The van der Waals surface area contributed by atoms with Gasteiger partial charge in [-0.05, 0) is 53.9 Å². The third-order valence-electron chi connectivity index (χ3n) is 5.03. The molecule has 0 heterocycles. The first-order chi connectivity index (χ1) is 16.0. The maximum atomic E-state index is 12.5. The molecule has 0 aliphatic heterocycles. The molecule has 0 bridgehead atoms. The minimum Gasteiger partial charge on any atom is -0.481 e. The lowest BCUT2D eigenvalue weighted by atomic mass is 10.1. The number of carbonyl (C=O) groups is 2. The molecule has 3 aromatic carbocycles. The van der Waals surface area contributed by atoms with Crippen LogP contribution in [0.15, 0.2) is 78.9 Å². The molecular weight excluding hydrogens is 414 g/mol. The van der Waals surface area contributed by atoms with Gasteiger partial charge in [0.05, 0.1) is 6.42 Å². The highest BCUT2D eigenvalue weighted by Gasteiger charge is 2.11. The summed E-state index contributed by atoms with van der Waals surface area (Å²) in [6.07, 6.45) is 6.15. The molecule has 6 heteroatoms. The summed E-state index contributed by atoms with van der Waals surface area (Å²) in [5.74, 6) is 3.14. The van der Waals surface area contributed by atoms with Crippen molar-refractivity contribution in [2.45, 2.75) is 12.8 Å². The molecular formula is C27H27N3O3. The molecule has 168 valence electrons. The second-order valence-electron chi connectivity index (χ2n) is 7.43. The number of ether oxygens (including phenoxy) is 1. The van der Waals surface area contributed by atoms with Crippen LogP contribution in [-0.2, 0) is 17.6 Å². The van der Waals surface area contributed by atoms with Gasteiger partial charge in [0.25, 0.3) is 0 Å². The molecule has 0 fully saturated rings. The van der Waals surface area contributed by atoms with Crippen molar-refractivity contribution in [3.05, 3.63) is 90.0 Å². The van der Waals surface area contributed by atoms with Crippen LogP contribution < -0.4 is 20.3 Å². The lowest BCUT2D eigenvalue weighted by Crippen LogP contribution is -2.30. The average Bonchev–Trinajstić information content (AvgIpc) is 2.84. The van der Waals surface area contributed by atoms with Gasteiger partial charge in [-0.2, -0.15) is 0 Å². The van der Waals surface area contributed by atoms with Gasteiger partial charge < -0.3 is 20.3 Å². The van der Waals surface area contributed by atoms with Gasteiger partial charge >= 0.3 is 6.03 Å². The molecule has 6 nitrogen and oxygen atoms in total. The Kier molecular flexibility index (Phi) is 8.49. The highest BCUT2D eigenvalue weighted by Crippen LogP contribution is 2.15. The summed E-state index contributed by atoms with van der Waals surface area (Å²) in [6, 6.07) is 24.1. The van der Waals surface area contributed by atoms with Gasteiger partial charge in [0.2, 0.25) is 5.91 Å². The number of likely N-dealkylation sites (N-methyl/N-ethyl adjacent to an activating group) is 1. The van der Waals surface area contributed by atoms with Gasteiger partial charge in [-0.1, -0.05) is 48.4 Å². The Morgan fingerprint density at radius 2 is 1.61 bits per heavy atom. The highest BCUT2D eigenvalue weighted by molar-refractivity contribution is 5.94. The molecule has 0 aliphatic rings. The zero-order chi connectivity index (χ0) is 23.5. The lowest BCUT2D eigenvalue weighted by Gasteiger charge is -2.17. The standard InChI is InChI=1S/C27H27N3O3/c1-3-19-33-25-15-11-21(12-16-25)17-18-28-27(32)29-23-13-9-22(10-14-23)20-26(31)30(2)24-7-5-4-6-8-24/h1,4-16H,17-20H2,2H3,(H2,28,29,32). The van der Waals surface area contributed by atoms with E-state index in [-0.39, 0.29) is 25.0 Å². The normalized spacial score (nSPS) is 10.1. The van der Waals surface area contributed by atoms with Crippen LogP contribution in [0.25, 0.3) is 0 Å². The van der Waals surface area contributed by atoms with Gasteiger partial charge in [-0.15, -0.1) is 6.42 Å². The van der Waals surface area contributed by atoms with E-state index in [4.69, 9.17) is 11.2 Å². The number of benzene rings is 3. The first-order valence-electron chi connectivity index (χ1n) is 10.7. The third-order valence-corrected chi connectivity index (χ3v) is 5.03. The number of para-hydroxylation sites is 1. The molecule has 0 radical (unpaired) electrons. The average molecular weight is 442 g/mol. The molecule has 0 saturated heterocycles. The number of urea groups is 1. The SMILES string of the molecule is C#CCOc1ccc(CCNC(=O)Nc2ccc(CC(=O)N(C)c3ccccc3)cc2)cc1. The Hall–Kier alpha value is -4.24. The number of hydrogen-bond acceptors (Lipinski definition) is 3. The number of terminal acetylenes is 1. The number of nitrogens with zero attached hydrogens (tertiary/aromatic N) is 1. The molecule has 3 rings (SSSR count). The van der Waals surface area contributed by atoms with Crippen molar-refractivity contribution in [3.8, 4) is 18.1 Å². The number of amides is 3. The molecule has 0 atom stereocenters. The van der Waals surface area contributed by atoms with Crippen molar-refractivity contribution in [3.63, 3.8) is 0 Å². The van der Waals surface area contributed by atoms with Crippen LogP contribution in [0.5, 0.6) is 5.75 Å². The maximum absolute atomic E-state index is 12.5. The molecule has 0 saturated carbocycles. The van der Waals surface area contributed by atoms with Crippen molar-refractivity contribution in [2.75, 3.05) is 30.4 Å². The second-order valence-corrected chi connectivity index (χ2v) is 7.43. The van der Waals surface area contributed by atoms with Gasteiger partial charge in [0, 0.05) is 25.0 Å². The van der Waals surface area contributed by atoms with E-state index in [9.17, 15) is 9.59 Å². The lowest BCUT2D eigenvalue weighted by molar-refractivity contribution is -0.117. The van der Waals surface area contributed by atoms with E-state index in [2.05, 4.69) is 16.6 Å². The first-order valence-corrected chi connectivity index (χ1v) is 10.7. The summed E-state index contributed by atoms with van der Waals surface area (Å²) in [5.41, 5.74) is 3.47. The van der Waals surface area contributed by atoms with Crippen LogP contribution in [0.1, 0.15) is 11.1 Å². The third kappa shape index (κ3) is 7.44. The fraction of sp³-hybridized carbons (Fsp3) is 0.185. The van der Waals surface area contributed by atoms with Crippen LogP contribution in [-0.4, -0.2) is 32.1 Å². The molecule has 0 spiro atoms. The van der Waals surface area contributed by atoms with Crippen LogP contribution in [0.4, 0.5) is 16.2 Å². The minimum absolute atomic E-state index is 0.00436. The summed E-state index contributed by atoms with van der Waals surface area (Å²) in [6.45, 7) is 0.734. The number of hydrogen-bond donors (Lipinski definition) is 2. The van der Waals surface area contributed by atoms with E-state index in [1.165, 1.54) is 0 Å². The highest BCUT2D eigenvalue weighted by atomic mass is 16.5. The molecule has 0 aromatic heterocycles. The predicted octanol–water partition coefficient (Wildman–Crippen LogP) is 4.27. The number of anilines is 2. The molecule has 33 heavy (non-hydrogen) atoms.